The number of hydrogen-bond donors (Lipinski definition) is 0. The van der Waals surface area contributed by atoms with Gasteiger partial charge in [-0.15, -0.1) is 0 Å². The van der Waals surface area contributed by atoms with E-state index in [4.69, 9.17) is 11.6 Å². The number of nitrogens with zero attached hydrogens (tertiary/aromatic N) is 3. The molecule has 1 heterocycles. The highest BCUT2D eigenvalue weighted by Gasteiger charge is 2.24. The monoisotopic (exact) mass is 383 g/mol. The van der Waals surface area contributed by atoms with Gasteiger partial charge < -0.3 is 4.90 Å². The van der Waals surface area contributed by atoms with Crippen molar-refractivity contribution in [1.82, 2.24) is 14.5 Å². The number of hydrogen-bond acceptors (Lipinski definition) is 3. The standard InChI is InChI=1S/C21H22ClN3O2/c1-4-19(26)25(13-15-8-6-5-7-9-15)14(2)20-23-18-11-10-16(22)12-17(18)21(27)24(20)3/h5-12,14H,4,13H2,1-3H3. The molecule has 1 unspecified atom stereocenters. The summed E-state index contributed by atoms with van der Waals surface area (Å²) in [5.41, 5.74) is 1.43. The molecule has 6 heteroatoms. The molecular formula is C21H22ClN3O2. The molecule has 0 aliphatic carbocycles. The number of rotatable bonds is 5. The topological polar surface area (TPSA) is 55.2 Å². The van der Waals surface area contributed by atoms with Crippen molar-refractivity contribution >= 4 is 28.4 Å². The summed E-state index contributed by atoms with van der Waals surface area (Å²) in [7, 11) is 1.68. The minimum Gasteiger partial charge on any atom is -0.328 e. The summed E-state index contributed by atoms with van der Waals surface area (Å²) >= 11 is 6.02. The lowest BCUT2D eigenvalue weighted by molar-refractivity contribution is -0.134. The molecule has 0 aliphatic rings. The van der Waals surface area contributed by atoms with Crippen molar-refractivity contribution in [2.24, 2.45) is 7.05 Å². The highest BCUT2D eigenvalue weighted by Crippen LogP contribution is 2.23. The van der Waals surface area contributed by atoms with Crippen LogP contribution >= 0.6 is 11.6 Å². The van der Waals surface area contributed by atoms with Crippen LogP contribution < -0.4 is 5.56 Å². The molecule has 1 amide bonds. The van der Waals surface area contributed by atoms with Crippen molar-refractivity contribution in [1.29, 1.82) is 0 Å². The number of carbonyl (C=O) groups excluding carboxylic acids is 1. The van der Waals surface area contributed by atoms with Crippen molar-refractivity contribution in [3.63, 3.8) is 0 Å². The largest absolute Gasteiger partial charge is 0.328 e. The number of amides is 1. The van der Waals surface area contributed by atoms with Crippen molar-refractivity contribution in [2.75, 3.05) is 0 Å². The number of benzene rings is 2. The molecule has 0 saturated carbocycles. The van der Waals surface area contributed by atoms with Crippen molar-refractivity contribution in [2.45, 2.75) is 32.9 Å². The number of carbonyl (C=O) groups is 1. The Morgan fingerprint density at radius 2 is 1.93 bits per heavy atom. The molecule has 1 atom stereocenters. The Morgan fingerprint density at radius 1 is 1.22 bits per heavy atom. The molecule has 3 aromatic rings. The Balaban J connectivity index is 2.06. The van der Waals surface area contributed by atoms with Gasteiger partial charge in [-0.25, -0.2) is 4.98 Å². The third-order valence-electron chi connectivity index (χ3n) is 4.73. The van der Waals surface area contributed by atoms with Gasteiger partial charge in [0, 0.05) is 25.0 Å². The van der Waals surface area contributed by atoms with Gasteiger partial charge in [-0.3, -0.25) is 14.2 Å². The van der Waals surface area contributed by atoms with Crippen LogP contribution in [0.4, 0.5) is 0 Å². The molecular weight excluding hydrogens is 362 g/mol. The summed E-state index contributed by atoms with van der Waals surface area (Å²) in [5.74, 6) is 0.560. The van der Waals surface area contributed by atoms with Crippen molar-refractivity contribution in [3.05, 3.63) is 75.3 Å². The van der Waals surface area contributed by atoms with E-state index in [0.717, 1.165) is 5.56 Å². The molecule has 0 spiro atoms. The van der Waals surface area contributed by atoms with E-state index < -0.39 is 0 Å². The van der Waals surface area contributed by atoms with E-state index in [0.29, 0.717) is 34.7 Å². The predicted octanol–water partition coefficient (Wildman–Crippen LogP) is 4.09. The van der Waals surface area contributed by atoms with E-state index in [1.54, 1.807) is 30.1 Å². The van der Waals surface area contributed by atoms with Crippen LogP contribution in [0, 0.1) is 0 Å². The quantitative estimate of drug-likeness (QED) is 0.666. The Hall–Kier alpha value is -2.66. The molecule has 140 valence electrons. The second-order valence-corrected chi connectivity index (χ2v) is 6.97. The van der Waals surface area contributed by atoms with Crippen LogP contribution in [0.5, 0.6) is 0 Å². The normalized spacial score (nSPS) is 12.1. The van der Waals surface area contributed by atoms with Gasteiger partial charge in [-0.2, -0.15) is 0 Å². The Bertz CT molecular complexity index is 1030. The SMILES string of the molecule is CCC(=O)N(Cc1ccccc1)C(C)c1nc2ccc(Cl)cc2c(=O)n1C. The van der Waals surface area contributed by atoms with Crippen LogP contribution in [0.25, 0.3) is 10.9 Å². The first-order chi connectivity index (χ1) is 12.9. The summed E-state index contributed by atoms with van der Waals surface area (Å²) in [5, 5.41) is 0.964. The van der Waals surface area contributed by atoms with Crippen molar-refractivity contribution in [3.8, 4) is 0 Å². The fourth-order valence-corrected chi connectivity index (χ4v) is 3.37. The van der Waals surface area contributed by atoms with Gasteiger partial charge in [-0.05, 0) is 30.7 Å². The third-order valence-corrected chi connectivity index (χ3v) is 4.97. The molecule has 5 nitrogen and oxygen atoms in total. The molecule has 0 radical (unpaired) electrons. The molecule has 2 aromatic carbocycles. The fourth-order valence-electron chi connectivity index (χ4n) is 3.20. The van der Waals surface area contributed by atoms with E-state index in [9.17, 15) is 9.59 Å². The third kappa shape index (κ3) is 3.88. The molecule has 0 bridgehead atoms. The van der Waals surface area contributed by atoms with Gasteiger partial charge in [0.2, 0.25) is 5.91 Å². The molecule has 0 fully saturated rings. The van der Waals surface area contributed by atoms with Crippen LogP contribution in [0.15, 0.2) is 53.3 Å². The first-order valence-electron chi connectivity index (χ1n) is 8.92. The maximum Gasteiger partial charge on any atom is 0.261 e. The molecule has 3 rings (SSSR count). The fraction of sp³-hybridized carbons (Fsp3) is 0.286. The lowest BCUT2D eigenvalue weighted by Crippen LogP contribution is -2.36. The minimum atomic E-state index is -0.351. The summed E-state index contributed by atoms with van der Waals surface area (Å²) in [6.45, 7) is 4.20. The lowest BCUT2D eigenvalue weighted by atomic mass is 10.1. The van der Waals surface area contributed by atoms with Gasteiger partial charge in [0.1, 0.15) is 5.82 Å². The number of fused-ring (bicyclic) bond motifs is 1. The molecule has 27 heavy (non-hydrogen) atoms. The van der Waals surface area contributed by atoms with E-state index in [2.05, 4.69) is 4.98 Å². The highest BCUT2D eigenvalue weighted by atomic mass is 35.5. The summed E-state index contributed by atoms with van der Waals surface area (Å²) in [6.07, 6.45) is 0.383. The van der Waals surface area contributed by atoms with E-state index in [1.807, 2.05) is 44.2 Å². The lowest BCUT2D eigenvalue weighted by Gasteiger charge is -2.30. The maximum atomic E-state index is 12.8. The molecule has 0 aliphatic heterocycles. The van der Waals surface area contributed by atoms with Gasteiger partial charge in [0.05, 0.1) is 16.9 Å². The molecule has 0 N–H and O–H groups in total. The van der Waals surface area contributed by atoms with Crippen LogP contribution in [-0.4, -0.2) is 20.4 Å². The second-order valence-electron chi connectivity index (χ2n) is 6.53. The van der Waals surface area contributed by atoms with Crippen LogP contribution in [-0.2, 0) is 18.4 Å². The average molecular weight is 384 g/mol. The van der Waals surface area contributed by atoms with Crippen molar-refractivity contribution < 1.29 is 4.79 Å². The zero-order valence-electron chi connectivity index (χ0n) is 15.6. The van der Waals surface area contributed by atoms with Crippen LogP contribution in [0.3, 0.4) is 0 Å². The smallest absolute Gasteiger partial charge is 0.261 e. The maximum absolute atomic E-state index is 12.8. The average Bonchev–Trinajstić information content (AvgIpc) is 2.69. The highest BCUT2D eigenvalue weighted by molar-refractivity contribution is 6.31. The van der Waals surface area contributed by atoms with E-state index >= 15 is 0 Å². The number of aromatic nitrogens is 2. The second kappa shape index (κ2) is 7.92. The molecule has 0 saturated heterocycles. The van der Waals surface area contributed by atoms with E-state index in [1.165, 1.54) is 4.57 Å². The van der Waals surface area contributed by atoms with Gasteiger partial charge in [0.15, 0.2) is 0 Å². The van der Waals surface area contributed by atoms with Gasteiger partial charge >= 0.3 is 0 Å². The Kier molecular flexibility index (Phi) is 5.61. The Labute approximate surface area is 163 Å². The zero-order valence-corrected chi connectivity index (χ0v) is 16.4. The predicted molar refractivity (Wildman–Crippen MR) is 108 cm³/mol. The van der Waals surface area contributed by atoms with Gasteiger partial charge in [0.25, 0.3) is 5.56 Å². The summed E-state index contributed by atoms with van der Waals surface area (Å²) < 4.78 is 1.50. The van der Waals surface area contributed by atoms with E-state index in [-0.39, 0.29) is 17.5 Å². The van der Waals surface area contributed by atoms with Crippen LogP contribution in [0.1, 0.15) is 37.7 Å². The molecule has 1 aromatic heterocycles. The first kappa shape index (κ1) is 19.1. The Morgan fingerprint density at radius 3 is 2.59 bits per heavy atom. The minimum absolute atomic E-state index is 0.0109. The first-order valence-corrected chi connectivity index (χ1v) is 9.29. The summed E-state index contributed by atoms with van der Waals surface area (Å²) in [6, 6.07) is 14.5. The van der Waals surface area contributed by atoms with Crippen LogP contribution in [0.2, 0.25) is 5.02 Å². The van der Waals surface area contributed by atoms with Gasteiger partial charge in [-0.1, -0.05) is 48.9 Å². The summed E-state index contributed by atoms with van der Waals surface area (Å²) in [4.78, 5) is 31.8. The zero-order chi connectivity index (χ0) is 19.6. The number of halogens is 1.